The Kier molecular flexibility index (Phi) is 5.67. The third-order valence-electron chi connectivity index (χ3n) is 4.59. The van der Waals surface area contributed by atoms with Crippen LogP contribution in [0.15, 0.2) is 42.9 Å². The van der Waals surface area contributed by atoms with Crippen molar-refractivity contribution in [1.29, 1.82) is 0 Å². The van der Waals surface area contributed by atoms with Crippen LogP contribution in [0.1, 0.15) is 28.4 Å². The van der Waals surface area contributed by atoms with Crippen molar-refractivity contribution in [3.63, 3.8) is 0 Å². The number of aliphatic hydroxyl groups is 1. The molecule has 1 aliphatic rings. The van der Waals surface area contributed by atoms with Crippen LogP contribution in [-0.2, 0) is 13.8 Å². The third-order valence-corrected chi connectivity index (χ3v) is 5.11. The van der Waals surface area contributed by atoms with E-state index in [2.05, 4.69) is 24.9 Å². The fourth-order valence-corrected chi connectivity index (χ4v) is 3.53. The van der Waals surface area contributed by atoms with Gasteiger partial charge in [0.15, 0.2) is 5.65 Å². The van der Waals surface area contributed by atoms with Gasteiger partial charge in [-0.25, -0.2) is 9.97 Å². The number of hydrogen-bond acceptors (Lipinski definition) is 8. The van der Waals surface area contributed by atoms with Gasteiger partial charge in [0.25, 0.3) is 13.4 Å². The van der Waals surface area contributed by atoms with E-state index >= 15 is 0 Å². The average Bonchev–Trinajstić information content (AvgIpc) is 3.30. The second-order valence-corrected chi connectivity index (χ2v) is 8.07. The maximum absolute atomic E-state index is 12.4. The molecule has 154 valence electrons. The van der Waals surface area contributed by atoms with E-state index in [1.807, 2.05) is 0 Å². The number of rotatable bonds is 6. The predicted octanol–water partition coefficient (Wildman–Crippen LogP) is 0.853. The van der Waals surface area contributed by atoms with Crippen molar-refractivity contribution in [1.82, 2.24) is 19.6 Å². The van der Waals surface area contributed by atoms with Gasteiger partial charge in [-0.3, -0.25) is 14.7 Å². The summed E-state index contributed by atoms with van der Waals surface area (Å²) in [5, 5.41) is 17.1. The van der Waals surface area contributed by atoms with Crippen LogP contribution < -0.4 is 5.32 Å². The monoisotopic (exact) mass is 429 g/mol. The van der Waals surface area contributed by atoms with E-state index in [0.717, 1.165) is 0 Å². The van der Waals surface area contributed by atoms with Crippen LogP contribution >= 0.6 is 7.47 Å². The normalized spacial score (nSPS) is 23.3. The number of hydrogen-bond donors (Lipinski definition) is 3. The van der Waals surface area contributed by atoms with Gasteiger partial charge in [-0.2, -0.15) is 9.61 Å². The number of aromatic nitrogens is 4. The summed E-state index contributed by atoms with van der Waals surface area (Å²) in [4.78, 5) is 29.7. The SMILES string of the molecule is [B]P(=O)(O)OCC1OC(c2cnn3c(NC(=O)c4ccccc4)ncnc23)CC1O. The summed E-state index contributed by atoms with van der Waals surface area (Å²) in [6, 6.07) is 8.65. The lowest BCUT2D eigenvalue weighted by atomic mass is 10.1. The maximum atomic E-state index is 12.4. The van der Waals surface area contributed by atoms with E-state index in [9.17, 15) is 14.5 Å². The molecule has 0 spiro atoms. The molecule has 0 saturated carbocycles. The molecule has 1 saturated heterocycles. The molecule has 2 aromatic heterocycles. The van der Waals surface area contributed by atoms with Gasteiger partial charge in [0, 0.05) is 17.5 Å². The highest BCUT2D eigenvalue weighted by Crippen LogP contribution is 2.39. The Bertz CT molecular complexity index is 1110. The largest absolute Gasteiger partial charge is 0.390 e. The molecule has 0 aliphatic carbocycles. The summed E-state index contributed by atoms with van der Waals surface area (Å²) in [5.74, 6) is -0.185. The molecule has 30 heavy (non-hydrogen) atoms. The maximum Gasteiger partial charge on any atom is 0.261 e. The number of fused-ring (bicyclic) bond motifs is 1. The minimum absolute atomic E-state index is 0.169. The quantitative estimate of drug-likeness (QED) is 0.383. The molecular weight excluding hydrogens is 412 g/mol. The topological polar surface area (TPSA) is 148 Å². The lowest BCUT2D eigenvalue weighted by Crippen LogP contribution is -2.25. The molecule has 1 fully saturated rings. The number of nitrogens with one attached hydrogen (secondary N) is 1. The number of benzene rings is 1. The van der Waals surface area contributed by atoms with Gasteiger partial charge in [0.05, 0.1) is 25.0 Å². The van der Waals surface area contributed by atoms with Gasteiger partial charge in [0.1, 0.15) is 12.4 Å². The van der Waals surface area contributed by atoms with E-state index in [0.29, 0.717) is 16.8 Å². The highest BCUT2D eigenvalue weighted by Gasteiger charge is 2.37. The van der Waals surface area contributed by atoms with E-state index < -0.39 is 25.8 Å². The van der Waals surface area contributed by atoms with Gasteiger partial charge in [-0.15, -0.1) is 0 Å². The van der Waals surface area contributed by atoms with Gasteiger partial charge in [-0.1, -0.05) is 18.2 Å². The second-order valence-electron chi connectivity index (χ2n) is 6.68. The zero-order chi connectivity index (χ0) is 21.3. The molecule has 3 N–H and O–H groups in total. The van der Waals surface area contributed by atoms with Crippen molar-refractivity contribution >= 4 is 32.5 Å². The van der Waals surface area contributed by atoms with E-state index in [1.54, 1.807) is 30.3 Å². The summed E-state index contributed by atoms with van der Waals surface area (Å²) < 4.78 is 22.9. The minimum atomic E-state index is -4.18. The van der Waals surface area contributed by atoms with Crippen molar-refractivity contribution in [2.24, 2.45) is 0 Å². The molecular formula is C17H17BN5O6P. The Morgan fingerprint density at radius 2 is 2.13 bits per heavy atom. The van der Waals surface area contributed by atoms with Crippen molar-refractivity contribution < 1.29 is 28.6 Å². The first-order valence-corrected chi connectivity index (χ1v) is 10.6. The van der Waals surface area contributed by atoms with Crippen LogP contribution in [0.25, 0.3) is 5.65 Å². The highest BCUT2D eigenvalue weighted by molar-refractivity contribution is 7.78. The van der Waals surface area contributed by atoms with Crippen molar-refractivity contribution in [3.05, 3.63) is 54.0 Å². The first kappa shape index (κ1) is 20.6. The number of carbonyl (C=O) groups excluding carboxylic acids is 1. The predicted molar refractivity (Wildman–Crippen MR) is 105 cm³/mol. The Labute approximate surface area is 172 Å². The summed E-state index contributed by atoms with van der Waals surface area (Å²) in [5.41, 5.74) is 1.41. The van der Waals surface area contributed by atoms with Crippen molar-refractivity contribution in [2.75, 3.05) is 11.9 Å². The number of ether oxygens (including phenoxy) is 1. The van der Waals surface area contributed by atoms with Crippen molar-refractivity contribution in [2.45, 2.75) is 24.7 Å². The molecule has 1 amide bonds. The molecule has 1 aromatic carbocycles. The average molecular weight is 429 g/mol. The van der Waals surface area contributed by atoms with Crippen LogP contribution in [0.3, 0.4) is 0 Å². The summed E-state index contributed by atoms with van der Waals surface area (Å²) >= 11 is 0. The molecule has 4 rings (SSSR count). The Hall–Kier alpha value is -2.63. The van der Waals surface area contributed by atoms with Gasteiger partial charge in [0.2, 0.25) is 13.5 Å². The molecule has 4 atom stereocenters. The van der Waals surface area contributed by atoms with E-state index in [1.165, 1.54) is 17.0 Å². The molecule has 0 bridgehead atoms. The number of anilines is 1. The smallest absolute Gasteiger partial charge is 0.261 e. The van der Waals surface area contributed by atoms with Crippen LogP contribution in [0.5, 0.6) is 0 Å². The fraction of sp³-hybridized carbons (Fsp3) is 0.294. The molecule has 3 aromatic rings. The van der Waals surface area contributed by atoms with Crippen LogP contribution in [0, 0.1) is 0 Å². The number of nitrogens with zero attached hydrogens (tertiary/aromatic N) is 4. The van der Waals surface area contributed by atoms with Crippen molar-refractivity contribution in [3.8, 4) is 0 Å². The molecule has 13 heteroatoms. The summed E-state index contributed by atoms with van der Waals surface area (Å²) in [7, 11) is 0.770. The van der Waals surface area contributed by atoms with Crippen LogP contribution in [0.4, 0.5) is 5.95 Å². The Morgan fingerprint density at radius 1 is 1.37 bits per heavy atom. The number of carbonyl (C=O) groups is 1. The van der Waals surface area contributed by atoms with E-state index in [4.69, 9.17) is 17.2 Å². The fourth-order valence-electron chi connectivity index (χ4n) is 3.17. The Balaban J connectivity index is 1.54. The third kappa shape index (κ3) is 4.42. The number of aliphatic hydroxyl groups excluding tert-OH is 1. The standard InChI is InChI=1S/C17H17BN5O6P/c18-30(26,27)28-8-14-12(24)6-13(29-14)11-7-21-23-15(11)19-9-20-17(23)22-16(25)10-4-2-1-3-5-10/h1-5,7,9,12-14,24H,6,8H2,(H,26,27)(H,19,20,22,25). The number of amides is 1. The van der Waals surface area contributed by atoms with E-state index in [-0.39, 0.29) is 24.9 Å². The highest BCUT2D eigenvalue weighted by atomic mass is 31.2. The molecule has 2 radical (unpaired) electrons. The van der Waals surface area contributed by atoms with Gasteiger partial charge in [-0.05, 0) is 12.1 Å². The minimum Gasteiger partial charge on any atom is -0.390 e. The molecule has 1 aliphatic heterocycles. The Morgan fingerprint density at radius 3 is 2.87 bits per heavy atom. The van der Waals surface area contributed by atoms with Gasteiger partial charge >= 0.3 is 0 Å². The first-order chi connectivity index (χ1) is 14.3. The molecule has 4 unspecified atom stereocenters. The lowest BCUT2D eigenvalue weighted by Gasteiger charge is -2.16. The van der Waals surface area contributed by atoms with Crippen LogP contribution in [0.2, 0.25) is 0 Å². The first-order valence-electron chi connectivity index (χ1n) is 8.96. The van der Waals surface area contributed by atoms with Crippen LogP contribution in [-0.4, -0.2) is 61.9 Å². The zero-order valence-corrected chi connectivity index (χ0v) is 16.4. The summed E-state index contributed by atoms with van der Waals surface area (Å²) in [6.45, 7) is -0.339. The second kappa shape index (κ2) is 8.25. The summed E-state index contributed by atoms with van der Waals surface area (Å²) in [6.07, 6.45) is 0.621. The molecule has 3 heterocycles. The molecule has 11 nitrogen and oxygen atoms in total. The lowest BCUT2D eigenvalue weighted by molar-refractivity contribution is -0.0172. The van der Waals surface area contributed by atoms with Gasteiger partial charge < -0.3 is 19.3 Å². The zero-order valence-electron chi connectivity index (χ0n) is 15.5.